The Balaban J connectivity index is 1.59. The van der Waals surface area contributed by atoms with Crippen molar-refractivity contribution < 1.29 is 9.59 Å². The Morgan fingerprint density at radius 1 is 1.20 bits per heavy atom. The van der Waals surface area contributed by atoms with Crippen LogP contribution in [0.25, 0.3) is 11.3 Å². The first-order valence-corrected chi connectivity index (χ1v) is 9.83. The second-order valence-electron chi connectivity index (χ2n) is 5.22. The van der Waals surface area contributed by atoms with Crippen molar-refractivity contribution >= 4 is 55.5 Å². The highest BCUT2D eigenvalue weighted by Crippen LogP contribution is 2.25. The lowest BCUT2D eigenvalue weighted by atomic mass is 10.2. The number of amides is 2. The summed E-state index contributed by atoms with van der Waals surface area (Å²) in [5.74, 6) is -0.463. The number of hydrogen-bond acceptors (Lipinski definition) is 5. The van der Waals surface area contributed by atoms with Gasteiger partial charge in [0.1, 0.15) is 0 Å². The van der Waals surface area contributed by atoms with Gasteiger partial charge in [0, 0.05) is 18.0 Å². The molecule has 2 heterocycles. The summed E-state index contributed by atoms with van der Waals surface area (Å²) in [6.45, 7) is -0.0331. The zero-order valence-corrected chi connectivity index (χ0v) is 16.5. The number of anilines is 1. The van der Waals surface area contributed by atoms with E-state index in [1.165, 1.54) is 27.6 Å². The second kappa shape index (κ2) is 7.90. The summed E-state index contributed by atoms with van der Waals surface area (Å²) in [6, 6.07) is 13.3. The number of rotatable bonds is 5. The molecule has 1 aromatic carbocycles. The molecule has 128 valence electrons. The van der Waals surface area contributed by atoms with Gasteiger partial charge in [-0.25, -0.2) is 4.98 Å². The number of nitrogens with one attached hydrogen (secondary N) is 1. The molecule has 0 atom stereocenters. The first kappa shape index (κ1) is 17.8. The Kier molecular flexibility index (Phi) is 5.62. The van der Waals surface area contributed by atoms with E-state index in [-0.39, 0.29) is 18.4 Å². The van der Waals surface area contributed by atoms with Crippen LogP contribution in [0.2, 0.25) is 0 Å². The van der Waals surface area contributed by atoms with Crippen LogP contribution in [0.5, 0.6) is 0 Å². The zero-order chi connectivity index (χ0) is 17.8. The lowest BCUT2D eigenvalue weighted by Crippen LogP contribution is -2.34. The maximum atomic E-state index is 12.3. The molecule has 3 rings (SSSR count). The van der Waals surface area contributed by atoms with E-state index in [4.69, 9.17) is 0 Å². The SMILES string of the molecule is CN(CC(=O)Nc1nc(-c2ccccc2)cs1)C(=O)c1ccc(Br)s1. The molecule has 8 heteroatoms. The molecule has 1 N–H and O–H groups in total. The summed E-state index contributed by atoms with van der Waals surface area (Å²) >= 11 is 6.02. The average molecular weight is 436 g/mol. The van der Waals surface area contributed by atoms with Gasteiger partial charge in [-0.1, -0.05) is 30.3 Å². The smallest absolute Gasteiger partial charge is 0.264 e. The average Bonchev–Trinajstić information content (AvgIpc) is 3.24. The third-order valence-corrected chi connectivity index (χ3v) is 5.70. The normalized spacial score (nSPS) is 10.5. The Labute approximate surface area is 161 Å². The Bertz CT molecular complexity index is 892. The summed E-state index contributed by atoms with van der Waals surface area (Å²) in [7, 11) is 1.60. The number of likely N-dealkylation sites (N-methyl/N-ethyl adjacent to an activating group) is 1. The van der Waals surface area contributed by atoms with Gasteiger partial charge < -0.3 is 10.2 Å². The van der Waals surface area contributed by atoms with Crippen LogP contribution in [0.3, 0.4) is 0 Å². The lowest BCUT2D eigenvalue weighted by Gasteiger charge is -2.15. The van der Waals surface area contributed by atoms with Crippen LogP contribution in [0.1, 0.15) is 9.67 Å². The lowest BCUT2D eigenvalue weighted by molar-refractivity contribution is -0.116. The fourth-order valence-electron chi connectivity index (χ4n) is 2.14. The number of nitrogens with zero attached hydrogens (tertiary/aromatic N) is 2. The molecule has 0 fully saturated rings. The molecule has 0 aliphatic carbocycles. The van der Waals surface area contributed by atoms with Crippen LogP contribution in [0.15, 0.2) is 51.6 Å². The van der Waals surface area contributed by atoms with E-state index in [2.05, 4.69) is 26.2 Å². The molecule has 0 aliphatic rings. The van der Waals surface area contributed by atoms with Gasteiger partial charge >= 0.3 is 0 Å². The van der Waals surface area contributed by atoms with Crippen LogP contribution in [-0.4, -0.2) is 35.3 Å². The Morgan fingerprint density at radius 3 is 2.64 bits per heavy atom. The number of benzene rings is 1. The van der Waals surface area contributed by atoms with Gasteiger partial charge in [0.05, 0.1) is 20.9 Å². The molecule has 0 saturated heterocycles. The number of halogens is 1. The Morgan fingerprint density at radius 2 is 1.96 bits per heavy atom. The molecule has 2 aromatic heterocycles. The van der Waals surface area contributed by atoms with Gasteiger partial charge in [-0.3, -0.25) is 9.59 Å². The second-order valence-corrected chi connectivity index (χ2v) is 8.54. The van der Waals surface area contributed by atoms with Crippen molar-refractivity contribution in [2.45, 2.75) is 0 Å². The molecule has 0 unspecified atom stereocenters. The van der Waals surface area contributed by atoms with Crippen molar-refractivity contribution in [1.29, 1.82) is 0 Å². The van der Waals surface area contributed by atoms with Crippen LogP contribution < -0.4 is 5.32 Å². The number of hydrogen-bond donors (Lipinski definition) is 1. The largest absolute Gasteiger partial charge is 0.332 e. The highest BCUT2D eigenvalue weighted by molar-refractivity contribution is 9.11. The van der Waals surface area contributed by atoms with Gasteiger partial charge in [-0.2, -0.15) is 0 Å². The van der Waals surface area contributed by atoms with Crippen LogP contribution in [0.4, 0.5) is 5.13 Å². The molecule has 0 radical (unpaired) electrons. The summed E-state index contributed by atoms with van der Waals surface area (Å²) in [6.07, 6.45) is 0. The molecule has 25 heavy (non-hydrogen) atoms. The summed E-state index contributed by atoms with van der Waals surface area (Å²) in [5, 5.41) is 5.15. The predicted molar refractivity (Wildman–Crippen MR) is 105 cm³/mol. The van der Waals surface area contributed by atoms with Crippen LogP contribution in [0, 0.1) is 0 Å². The summed E-state index contributed by atoms with van der Waals surface area (Å²) < 4.78 is 0.880. The van der Waals surface area contributed by atoms with E-state index in [1.807, 2.05) is 41.8 Å². The van der Waals surface area contributed by atoms with Crippen molar-refractivity contribution in [2.24, 2.45) is 0 Å². The quantitative estimate of drug-likeness (QED) is 0.647. The molecule has 3 aromatic rings. The fourth-order valence-corrected chi connectivity index (χ4v) is 4.25. The summed E-state index contributed by atoms with van der Waals surface area (Å²) in [5.41, 5.74) is 1.81. The maximum absolute atomic E-state index is 12.3. The zero-order valence-electron chi connectivity index (χ0n) is 13.2. The molecule has 0 spiro atoms. The molecule has 0 bridgehead atoms. The van der Waals surface area contributed by atoms with E-state index in [0.717, 1.165) is 15.0 Å². The van der Waals surface area contributed by atoms with Gasteiger partial charge in [0.2, 0.25) is 5.91 Å². The van der Waals surface area contributed by atoms with Crippen LogP contribution in [-0.2, 0) is 4.79 Å². The van der Waals surface area contributed by atoms with Crippen molar-refractivity contribution in [3.63, 3.8) is 0 Å². The Hall–Kier alpha value is -2.03. The summed E-state index contributed by atoms with van der Waals surface area (Å²) in [4.78, 5) is 30.8. The molecular weight excluding hydrogens is 422 g/mol. The number of aromatic nitrogens is 1. The predicted octanol–water partition coefficient (Wildman–Crippen LogP) is 4.34. The molecule has 0 aliphatic heterocycles. The third kappa shape index (κ3) is 4.53. The fraction of sp³-hybridized carbons (Fsp3) is 0.118. The monoisotopic (exact) mass is 435 g/mol. The number of carbonyl (C=O) groups is 2. The topological polar surface area (TPSA) is 62.3 Å². The minimum atomic E-state index is -0.277. The molecule has 2 amide bonds. The van der Waals surface area contributed by atoms with Gasteiger partial charge in [0.15, 0.2) is 5.13 Å². The van der Waals surface area contributed by atoms with E-state index >= 15 is 0 Å². The number of carbonyl (C=O) groups excluding carboxylic acids is 2. The maximum Gasteiger partial charge on any atom is 0.264 e. The standard InChI is InChI=1S/C17H14BrN3O2S2/c1-21(16(23)13-7-8-14(18)25-13)9-15(22)20-17-19-12(10-24-17)11-5-3-2-4-6-11/h2-8,10H,9H2,1H3,(H,19,20,22). The van der Waals surface area contributed by atoms with Crippen molar-refractivity contribution in [2.75, 3.05) is 18.9 Å². The molecule has 0 saturated carbocycles. The minimum Gasteiger partial charge on any atom is -0.332 e. The van der Waals surface area contributed by atoms with Gasteiger partial charge in [0.25, 0.3) is 5.91 Å². The molecule has 5 nitrogen and oxygen atoms in total. The van der Waals surface area contributed by atoms with E-state index in [0.29, 0.717) is 10.0 Å². The highest BCUT2D eigenvalue weighted by atomic mass is 79.9. The van der Waals surface area contributed by atoms with Crippen molar-refractivity contribution in [3.8, 4) is 11.3 Å². The number of thiazole rings is 1. The van der Waals surface area contributed by atoms with Crippen molar-refractivity contribution in [1.82, 2.24) is 9.88 Å². The van der Waals surface area contributed by atoms with E-state index in [1.54, 1.807) is 13.1 Å². The third-order valence-electron chi connectivity index (χ3n) is 3.33. The highest BCUT2D eigenvalue weighted by Gasteiger charge is 2.17. The van der Waals surface area contributed by atoms with E-state index < -0.39 is 0 Å². The van der Waals surface area contributed by atoms with Gasteiger partial charge in [-0.05, 0) is 28.1 Å². The number of thiophene rings is 1. The minimum absolute atomic E-state index is 0.0331. The molecular formula is C17H14BrN3O2S2. The van der Waals surface area contributed by atoms with E-state index in [9.17, 15) is 9.59 Å². The van der Waals surface area contributed by atoms with Crippen molar-refractivity contribution in [3.05, 3.63) is 56.5 Å². The first-order chi connectivity index (χ1) is 12.0. The van der Waals surface area contributed by atoms with Crippen LogP contribution >= 0.6 is 38.6 Å². The van der Waals surface area contributed by atoms with Gasteiger partial charge in [-0.15, -0.1) is 22.7 Å². The first-order valence-electron chi connectivity index (χ1n) is 7.34.